The highest BCUT2D eigenvalue weighted by molar-refractivity contribution is 6.77. The summed E-state index contributed by atoms with van der Waals surface area (Å²) in [6.07, 6.45) is -0.246. The Labute approximate surface area is 376 Å². The maximum Gasteiger partial charge on any atom is 0.407 e. The molecule has 1 aliphatic rings. The number of hydrogen-bond donors (Lipinski definition) is 2. The highest BCUT2D eigenvalue weighted by Crippen LogP contribution is 2.47. The molecule has 1 saturated heterocycles. The van der Waals surface area contributed by atoms with Crippen molar-refractivity contribution in [3.05, 3.63) is 125 Å². The van der Waals surface area contributed by atoms with E-state index in [1.807, 2.05) is 91.0 Å². The van der Waals surface area contributed by atoms with Crippen molar-refractivity contribution in [2.24, 2.45) is 0 Å². The van der Waals surface area contributed by atoms with Crippen LogP contribution in [0.15, 0.2) is 103 Å². The van der Waals surface area contributed by atoms with Crippen LogP contribution in [0.1, 0.15) is 83.1 Å². The number of nitrogens with zero attached hydrogens (tertiary/aromatic N) is 1. The zero-order chi connectivity index (χ0) is 45.4. The lowest BCUT2D eigenvalue weighted by Gasteiger charge is -2.53. The van der Waals surface area contributed by atoms with Crippen LogP contribution in [0.2, 0.25) is 16.6 Å². The summed E-state index contributed by atoms with van der Waals surface area (Å²) in [5.74, 6) is 1.89. The van der Waals surface area contributed by atoms with Gasteiger partial charge in [-0.3, -0.25) is 9.69 Å². The maximum atomic E-state index is 13.4. The minimum Gasteiger partial charge on any atom is -0.496 e. The second kappa shape index (κ2) is 24.3. The van der Waals surface area contributed by atoms with Gasteiger partial charge in [0, 0.05) is 31.4 Å². The van der Waals surface area contributed by atoms with Gasteiger partial charge in [-0.2, -0.15) is 0 Å². The van der Waals surface area contributed by atoms with E-state index >= 15 is 0 Å². The van der Waals surface area contributed by atoms with Crippen molar-refractivity contribution in [1.82, 2.24) is 10.2 Å². The predicted molar refractivity (Wildman–Crippen MR) is 251 cm³/mol. The van der Waals surface area contributed by atoms with Gasteiger partial charge in [0.15, 0.2) is 0 Å². The second-order valence-corrected chi connectivity index (χ2v) is 22.8. The number of ether oxygens (including phenoxy) is 5. The Morgan fingerprint density at radius 2 is 1.40 bits per heavy atom. The number of amides is 2. The van der Waals surface area contributed by atoms with Gasteiger partial charge in [-0.25, -0.2) is 4.79 Å². The number of carbonyl (C=O) groups excluding carboxylic acids is 1. The zero-order valence-corrected chi connectivity index (χ0v) is 39.6. The van der Waals surface area contributed by atoms with Crippen LogP contribution in [0.5, 0.6) is 17.2 Å². The van der Waals surface area contributed by atoms with E-state index in [9.17, 15) is 14.7 Å². The SMILES string of the molecule is COc1ccccc1COCCCOc1ccc([C@H]2[C@H](O[Si](C(C)C)(C(C)C)C(C)C)CN(C(=O)O)C(Cc3ccccc3)[C@@H]2OCCOc2ccccc2CCNC(C)=O)cc1. The Balaban J connectivity index is 1.43. The van der Waals surface area contributed by atoms with Gasteiger partial charge in [0.2, 0.25) is 14.2 Å². The first-order chi connectivity index (χ1) is 30.3. The Morgan fingerprint density at radius 1 is 0.762 bits per heavy atom. The molecule has 4 aromatic rings. The molecule has 5 rings (SSSR count). The van der Waals surface area contributed by atoms with Gasteiger partial charge in [0.1, 0.15) is 23.9 Å². The molecule has 1 heterocycles. The van der Waals surface area contributed by atoms with Crippen LogP contribution in [0, 0.1) is 0 Å². The largest absolute Gasteiger partial charge is 0.496 e. The first-order valence-corrected chi connectivity index (χ1v) is 24.7. The van der Waals surface area contributed by atoms with Crippen LogP contribution >= 0.6 is 0 Å². The van der Waals surface area contributed by atoms with Crippen LogP contribution in [-0.2, 0) is 38.1 Å². The molecule has 0 radical (unpaired) electrons. The smallest absolute Gasteiger partial charge is 0.407 e. The van der Waals surface area contributed by atoms with Gasteiger partial charge in [0.05, 0.1) is 58.3 Å². The molecule has 11 nitrogen and oxygen atoms in total. The molecule has 4 aromatic carbocycles. The van der Waals surface area contributed by atoms with Crippen molar-refractivity contribution in [3.63, 3.8) is 0 Å². The Hall–Kier alpha value is -4.88. The third-order valence-corrected chi connectivity index (χ3v) is 18.4. The van der Waals surface area contributed by atoms with Crippen molar-refractivity contribution < 1.29 is 42.8 Å². The van der Waals surface area contributed by atoms with E-state index in [0.29, 0.717) is 45.6 Å². The highest BCUT2D eigenvalue weighted by atomic mass is 28.4. The molecule has 1 aliphatic heterocycles. The summed E-state index contributed by atoms with van der Waals surface area (Å²) in [7, 11) is -0.861. The molecule has 2 N–H and O–H groups in total. The molecule has 4 atom stereocenters. The molecule has 0 aliphatic carbocycles. The Kier molecular flexibility index (Phi) is 18.9. The van der Waals surface area contributed by atoms with Crippen molar-refractivity contribution in [2.75, 3.05) is 46.6 Å². The first-order valence-electron chi connectivity index (χ1n) is 22.6. The molecule has 1 fully saturated rings. The van der Waals surface area contributed by atoms with Crippen LogP contribution in [-0.4, -0.2) is 95.2 Å². The van der Waals surface area contributed by atoms with Gasteiger partial charge in [-0.05, 0) is 70.4 Å². The number of carbonyl (C=O) groups is 2. The van der Waals surface area contributed by atoms with Gasteiger partial charge in [0.25, 0.3) is 0 Å². The third kappa shape index (κ3) is 13.3. The number of nitrogens with one attached hydrogen (secondary N) is 1. The fourth-order valence-electron chi connectivity index (χ4n) is 9.47. The molecular formula is C51H70N2O9Si. The maximum absolute atomic E-state index is 13.4. The predicted octanol–water partition coefficient (Wildman–Crippen LogP) is 10.1. The summed E-state index contributed by atoms with van der Waals surface area (Å²) >= 11 is 0. The summed E-state index contributed by atoms with van der Waals surface area (Å²) in [6, 6.07) is 33.3. The van der Waals surface area contributed by atoms with Crippen molar-refractivity contribution in [1.29, 1.82) is 0 Å². The number of benzene rings is 4. The van der Waals surface area contributed by atoms with E-state index in [-0.39, 0.29) is 48.2 Å². The minimum absolute atomic E-state index is 0.0778. The van der Waals surface area contributed by atoms with E-state index in [1.165, 1.54) is 6.92 Å². The number of piperidine rings is 1. The Bertz CT molecular complexity index is 1970. The molecule has 0 aromatic heterocycles. The summed E-state index contributed by atoms with van der Waals surface area (Å²) < 4.78 is 38.5. The number of hydrogen-bond acceptors (Lipinski definition) is 8. The average molecular weight is 883 g/mol. The first kappa shape index (κ1) is 49.1. The number of methoxy groups -OCH3 is 1. The fraction of sp³-hybridized carbons (Fsp3) is 0.490. The molecule has 0 spiro atoms. The summed E-state index contributed by atoms with van der Waals surface area (Å²) in [4.78, 5) is 26.5. The van der Waals surface area contributed by atoms with E-state index in [1.54, 1.807) is 12.0 Å². The van der Waals surface area contributed by atoms with Gasteiger partial charge in [-0.1, -0.05) is 120 Å². The lowest BCUT2D eigenvalue weighted by Crippen LogP contribution is -2.64. The molecule has 0 bridgehead atoms. The molecule has 2 amide bonds. The van der Waals surface area contributed by atoms with E-state index in [4.69, 9.17) is 28.1 Å². The molecule has 342 valence electrons. The highest BCUT2D eigenvalue weighted by Gasteiger charge is 2.53. The van der Waals surface area contributed by atoms with Gasteiger partial charge >= 0.3 is 6.09 Å². The Morgan fingerprint density at radius 3 is 2.03 bits per heavy atom. The lowest BCUT2D eigenvalue weighted by atomic mass is 9.78. The van der Waals surface area contributed by atoms with E-state index in [0.717, 1.165) is 39.5 Å². The van der Waals surface area contributed by atoms with E-state index in [2.05, 4.69) is 59.0 Å². The molecule has 63 heavy (non-hydrogen) atoms. The lowest BCUT2D eigenvalue weighted by molar-refractivity contribution is -0.118. The number of para-hydroxylation sites is 2. The van der Waals surface area contributed by atoms with Crippen molar-refractivity contribution >= 4 is 20.3 Å². The van der Waals surface area contributed by atoms with Crippen LogP contribution in [0.25, 0.3) is 0 Å². The monoisotopic (exact) mass is 882 g/mol. The normalized spacial score (nSPS) is 17.9. The van der Waals surface area contributed by atoms with Gasteiger partial charge < -0.3 is 38.5 Å². The molecule has 1 unspecified atom stereocenters. The number of rotatable bonds is 24. The minimum atomic E-state index is -2.52. The quantitative estimate of drug-likeness (QED) is 0.0523. The van der Waals surface area contributed by atoms with Crippen LogP contribution < -0.4 is 19.5 Å². The van der Waals surface area contributed by atoms with Crippen LogP contribution in [0.4, 0.5) is 4.79 Å². The topological polar surface area (TPSA) is 125 Å². The van der Waals surface area contributed by atoms with Crippen molar-refractivity contribution in [2.45, 2.75) is 115 Å². The van der Waals surface area contributed by atoms with Crippen molar-refractivity contribution in [3.8, 4) is 17.2 Å². The summed E-state index contributed by atoms with van der Waals surface area (Å²) in [5.41, 5.74) is 4.86. The zero-order valence-electron chi connectivity index (χ0n) is 38.6. The standard InChI is InChI=1S/C51H70N2O9Si/c1-36(2)63(37(3)4,38(5)6)62-48-34-53(51(55)56)45(33-40-17-10-9-11-18-40)50(61-32-31-60-47-22-15-12-19-41(47)27-28-52-39(7)54)49(48)42-23-25-44(26-24-42)59-30-16-29-58-35-43-20-13-14-21-46(43)57-8/h9-15,17-26,36-38,45,48-50H,16,27-35H2,1-8H3,(H,52,54)(H,55,56)/t45?,48-,49+,50+/m1/s1. The fourth-order valence-corrected chi connectivity index (χ4v) is 15.0. The molecule has 0 saturated carbocycles. The second-order valence-electron chi connectivity index (χ2n) is 17.4. The van der Waals surface area contributed by atoms with Gasteiger partial charge in [-0.15, -0.1) is 0 Å². The van der Waals surface area contributed by atoms with Crippen LogP contribution in [0.3, 0.4) is 0 Å². The average Bonchev–Trinajstić information content (AvgIpc) is 3.26. The van der Waals surface area contributed by atoms with E-state index < -0.39 is 32.7 Å². The molecular weight excluding hydrogens is 813 g/mol. The summed E-state index contributed by atoms with van der Waals surface area (Å²) in [6.45, 7) is 17.7. The number of likely N-dealkylation sites (tertiary alicyclic amines) is 1. The number of carboxylic acid groups (broad SMARTS) is 1. The molecule has 12 heteroatoms. The summed E-state index contributed by atoms with van der Waals surface area (Å²) in [5, 5.41) is 13.8. The third-order valence-electron chi connectivity index (χ3n) is 12.3.